The summed E-state index contributed by atoms with van der Waals surface area (Å²) < 4.78 is 0. The van der Waals surface area contributed by atoms with E-state index in [-0.39, 0.29) is 16.8 Å². The number of rotatable bonds is 2. The van der Waals surface area contributed by atoms with Gasteiger partial charge in [-0.3, -0.25) is 14.4 Å². The van der Waals surface area contributed by atoms with Crippen LogP contribution in [-0.2, 0) is 4.84 Å². The van der Waals surface area contributed by atoms with Gasteiger partial charge in [-0.1, -0.05) is 23.3 Å². The molecule has 0 saturated heterocycles. The smallest absolute Gasteiger partial charge is 0.323 e. The fraction of sp³-hybridized carbons (Fsp3) is 0. The van der Waals surface area contributed by atoms with Crippen LogP contribution in [-0.4, -0.2) is 27.8 Å². The van der Waals surface area contributed by atoms with Gasteiger partial charge in [-0.25, -0.2) is 4.79 Å². The Morgan fingerprint density at radius 3 is 2.10 bits per heavy atom. The molecule has 0 fully saturated rings. The molecule has 0 saturated carbocycles. The lowest BCUT2D eigenvalue weighted by Gasteiger charge is -2.12. The molecule has 0 spiro atoms. The van der Waals surface area contributed by atoms with Crippen molar-refractivity contribution in [2.45, 2.75) is 0 Å². The lowest BCUT2D eigenvalue weighted by Crippen LogP contribution is -2.33. The summed E-state index contributed by atoms with van der Waals surface area (Å²) in [6.07, 6.45) is 0. The average molecular weight is 284 g/mol. The minimum Gasteiger partial charge on any atom is -0.323 e. The summed E-state index contributed by atoms with van der Waals surface area (Å²) in [6.45, 7) is 0. The highest BCUT2D eigenvalue weighted by Crippen LogP contribution is 2.22. The fourth-order valence-electron chi connectivity index (χ4n) is 1.95. The van der Waals surface area contributed by atoms with Crippen LogP contribution in [0.3, 0.4) is 0 Å². The maximum absolute atomic E-state index is 12.0. The minimum atomic E-state index is -0.998. The molecule has 0 atom stereocenters. The van der Waals surface area contributed by atoms with Crippen LogP contribution in [0.5, 0.6) is 0 Å². The van der Waals surface area contributed by atoms with Gasteiger partial charge in [0.1, 0.15) is 5.69 Å². The second kappa shape index (κ2) is 4.71. The number of fused-ring (bicyclic) bond motifs is 1. The van der Waals surface area contributed by atoms with Gasteiger partial charge in [0.25, 0.3) is 11.8 Å². The molecule has 0 bridgehead atoms. The standard InChI is InChI=1S/C14H8N2O5/c17-11-7-3-6-10(15-11)14(20)21-16-12(18)8-4-1-2-5-9(8)13(16)19/h1-7H,(H,15,17). The SMILES string of the molecule is O=C(ON1C(=O)c2ccccc2C1=O)c1cccc(=O)[nH]1. The van der Waals surface area contributed by atoms with Gasteiger partial charge in [-0.05, 0) is 18.2 Å². The molecule has 3 rings (SSSR count). The Labute approximate surface area is 117 Å². The van der Waals surface area contributed by atoms with Crippen LogP contribution in [0.4, 0.5) is 0 Å². The summed E-state index contributed by atoms with van der Waals surface area (Å²) in [4.78, 5) is 54.0. The number of H-pyrrole nitrogens is 1. The molecule has 21 heavy (non-hydrogen) atoms. The molecule has 1 aliphatic rings. The van der Waals surface area contributed by atoms with Crippen molar-refractivity contribution >= 4 is 17.8 Å². The number of carbonyl (C=O) groups excluding carboxylic acids is 3. The van der Waals surface area contributed by atoms with Gasteiger partial charge in [0.2, 0.25) is 5.56 Å². The second-order valence-electron chi connectivity index (χ2n) is 4.26. The van der Waals surface area contributed by atoms with Crippen LogP contribution in [0.1, 0.15) is 31.2 Å². The molecule has 104 valence electrons. The number of nitrogens with one attached hydrogen (secondary N) is 1. The van der Waals surface area contributed by atoms with Gasteiger partial charge >= 0.3 is 5.97 Å². The highest BCUT2D eigenvalue weighted by molar-refractivity contribution is 6.21. The van der Waals surface area contributed by atoms with E-state index in [0.717, 1.165) is 0 Å². The van der Waals surface area contributed by atoms with Gasteiger partial charge in [0.05, 0.1) is 11.1 Å². The van der Waals surface area contributed by atoms with E-state index in [0.29, 0.717) is 5.06 Å². The number of aromatic amines is 1. The van der Waals surface area contributed by atoms with Crippen LogP contribution < -0.4 is 5.56 Å². The molecule has 2 amide bonds. The van der Waals surface area contributed by atoms with Gasteiger partial charge < -0.3 is 9.82 Å². The predicted molar refractivity (Wildman–Crippen MR) is 69.4 cm³/mol. The number of carbonyl (C=O) groups is 3. The van der Waals surface area contributed by atoms with Crippen molar-refractivity contribution in [2.75, 3.05) is 0 Å². The highest BCUT2D eigenvalue weighted by atomic mass is 16.7. The molecule has 1 N–H and O–H groups in total. The molecule has 2 aromatic rings. The number of nitrogens with zero attached hydrogens (tertiary/aromatic N) is 1. The second-order valence-corrected chi connectivity index (χ2v) is 4.26. The normalized spacial score (nSPS) is 13.2. The maximum atomic E-state index is 12.0. The number of benzene rings is 1. The summed E-state index contributed by atoms with van der Waals surface area (Å²) in [6, 6.07) is 10.0. The van der Waals surface area contributed by atoms with Gasteiger partial charge in [-0.2, -0.15) is 0 Å². The summed E-state index contributed by atoms with van der Waals surface area (Å²) in [5.74, 6) is -2.44. The van der Waals surface area contributed by atoms with Crippen LogP contribution in [0.2, 0.25) is 0 Å². The lowest BCUT2D eigenvalue weighted by molar-refractivity contribution is -0.0588. The number of hydrogen-bond acceptors (Lipinski definition) is 5. The number of hydrogen-bond donors (Lipinski definition) is 1. The first-order valence-electron chi connectivity index (χ1n) is 5.97. The minimum absolute atomic E-state index is 0.154. The third-order valence-electron chi connectivity index (χ3n) is 2.92. The first-order chi connectivity index (χ1) is 10.1. The molecule has 1 aliphatic heterocycles. The van der Waals surface area contributed by atoms with Crippen molar-refractivity contribution in [1.29, 1.82) is 0 Å². The van der Waals surface area contributed by atoms with Crippen LogP contribution in [0.25, 0.3) is 0 Å². The van der Waals surface area contributed by atoms with Crippen LogP contribution in [0, 0.1) is 0 Å². The molecule has 7 heteroatoms. The van der Waals surface area contributed by atoms with E-state index in [1.54, 1.807) is 12.1 Å². The molecular weight excluding hydrogens is 276 g/mol. The van der Waals surface area contributed by atoms with Crippen molar-refractivity contribution in [2.24, 2.45) is 0 Å². The molecule has 0 aliphatic carbocycles. The molecule has 2 heterocycles. The number of amides is 2. The number of aromatic nitrogens is 1. The van der Waals surface area contributed by atoms with E-state index in [4.69, 9.17) is 4.84 Å². The van der Waals surface area contributed by atoms with Gasteiger partial charge in [0, 0.05) is 6.07 Å². The highest BCUT2D eigenvalue weighted by Gasteiger charge is 2.38. The number of imide groups is 1. The summed E-state index contributed by atoms with van der Waals surface area (Å²) in [5, 5.41) is 0.387. The van der Waals surface area contributed by atoms with Crippen LogP contribution in [0.15, 0.2) is 47.3 Å². The number of hydroxylamine groups is 2. The largest absolute Gasteiger partial charge is 0.380 e. The summed E-state index contributed by atoms with van der Waals surface area (Å²) in [5.41, 5.74) is -0.320. The van der Waals surface area contributed by atoms with Crippen molar-refractivity contribution in [3.63, 3.8) is 0 Å². The average Bonchev–Trinajstić information content (AvgIpc) is 2.73. The molecule has 7 nitrogen and oxygen atoms in total. The van der Waals surface area contributed by atoms with E-state index in [2.05, 4.69) is 4.98 Å². The topological polar surface area (TPSA) is 96.5 Å². The Kier molecular flexibility index (Phi) is 2.87. The Morgan fingerprint density at radius 2 is 1.52 bits per heavy atom. The van der Waals surface area contributed by atoms with Crippen LogP contribution >= 0.6 is 0 Å². The molecular formula is C14H8N2O5. The third kappa shape index (κ3) is 2.10. The first-order valence-corrected chi connectivity index (χ1v) is 5.97. The van der Waals surface area contributed by atoms with Crippen molar-refractivity contribution < 1.29 is 19.2 Å². The Balaban J connectivity index is 1.87. The fourth-order valence-corrected chi connectivity index (χ4v) is 1.95. The lowest BCUT2D eigenvalue weighted by atomic mass is 10.1. The summed E-state index contributed by atoms with van der Waals surface area (Å²) >= 11 is 0. The van der Waals surface area contributed by atoms with Gasteiger partial charge in [0.15, 0.2) is 0 Å². The predicted octanol–water partition coefficient (Wildman–Crippen LogP) is 0.743. The third-order valence-corrected chi connectivity index (χ3v) is 2.92. The number of pyridine rings is 1. The van der Waals surface area contributed by atoms with E-state index in [1.165, 1.54) is 30.3 Å². The molecule has 0 radical (unpaired) electrons. The quantitative estimate of drug-likeness (QED) is 0.820. The zero-order valence-corrected chi connectivity index (χ0v) is 10.5. The Bertz CT molecular complexity index is 789. The van der Waals surface area contributed by atoms with E-state index >= 15 is 0 Å². The monoisotopic (exact) mass is 284 g/mol. The zero-order valence-electron chi connectivity index (χ0n) is 10.5. The van der Waals surface area contributed by atoms with Crippen molar-refractivity contribution in [3.05, 3.63) is 69.6 Å². The Hall–Kier alpha value is -3.22. The molecule has 1 aromatic heterocycles. The van der Waals surface area contributed by atoms with Gasteiger partial charge in [-0.15, -0.1) is 0 Å². The molecule has 1 aromatic carbocycles. The zero-order chi connectivity index (χ0) is 15.0. The molecule has 0 unspecified atom stereocenters. The van der Waals surface area contributed by atoms with E-state index < -0.39 is 23.3 Å². The van der Waals surface area contributed by atoms with Crippen molar-refractivity contribution in [3.8, 4) is 0 Å². The first kappa shape index (κ1) is 12.8. The summed E-state index contributed by atoms with van der Waals surface area (Å²) in [7, 11) is 0. The Morgan fingerprint density at radius 1 is 0.905 bits per heavy atom. The maximum Gasteiger partial charge on any atom is 0.380 e. The van der Waals surface area contributed by atoms with E-state index in [1.807, 2.05) is 0 Å². The van der Waals surface area contributed by atoms with E-state index in [9.17, 15) is 19.2 Å². The van der Waals surface area contributed by atoms with Crippen molar-refractivity contribution in [1.82, 2.24) is 10.0 Å².